The van der Waals surface area contributed by atoms with Gasteiger partial charge in [-0.05, 0) is 6.42 Å². The predicted molar refractivity (Wildman–Crippen MR) is 74.9 cm³/mol. The molecule has 0 radical (unpaired) electrons. The van der Waals surface area contributed by atoms with E-state index in [1.165, 1.54) is 0 Å². The Balaban J connectivity index is 2.56. The normalized spacial score (nSPS) is 24.0. The molecular weight excluding hydrogens is 284 g/mol. The monoisotopic (exact) mass is 304 g/mol. The van der Waals surface area contributed by atoms with Gasteiger partial charge in [0.2, 0.25) is 0 Å². The molecular formula is C12H20N2O5S. The number of carbonyl (C=O) groups is 3. The lowest BCUT2D eigenvalue weighted by Crippen LogP contribution is -2.52. The van der Waals surface area contributed by atoms with Crippen LogP contribution in [0, 0.1) is 0 Å². The van der Waals surface area contributed by atoms with Gasteiger partial charge in [0.25, 0.3) is 0 Å². The first-order valence-electron chi connectivity index (χ1n) is 6.45. The van der Waals surface area contributed by atoms with Crippen molar-refractivity contribution in [3.8, 4) is 0 Å². The quantitative estimate of drug-likeness (QED) is 0.695. The van der Waals surface area contributed by atoms with Crippen molar-refractivity contribution in [2.24, 2.45) is 0 Å². The van der Waals surface area contributed by atoms with Crippen LogP contribution in [0.15, 0.2) is 0 Å². The van der Waals surface area contributed by atoms with Gasteiger partial charge in [-0.1, -0.05) is 13.8 Å². The third kappa shape index (κ3) is 5.28. The number of carboxylic acids is 2. The van der Waals surface area contributed by atoms with Crippen LogP contribution >= 0.6 is 11.8 Å². The fraction of sp³-hybridized carbons (Fsp3) is 0.750. The maximum Gasteiger partial charge on any atom is 0.326 e. The van der Waals surface area contributed by atoms with Crippen LogP contribution in [-0.2, 0) is 9.59 Å². The van der Waals surface area contributed by atoms with Gasteiger partial charge in [-0.2, -0.15) is 11.8 Å². The van der Waals surface area contributed by atoms with Crippen molar-refractivity contribution in [2.45, 2.75) is 43.2 Å². The van der Waals surface area contributed by atoms with Crippen molar-refractivity contribution in [3.05, 3.63) is 0 Å². The van der Waals surface area contributed by atoms with Gasteiger partial charge in [-0.25, -0.2) is 9.59 Å². The summed E-state index contributed by atoms with van der Waals surface area (Å²) in [5.41, 5.74) is 0. The smallest absolute Gasteiger partial charge is 0.326 e. The molecule has 0 aromatic rings. The van der Waals surface area contributed by atoms with E-state index in [1.54, 1.807) is 16.7 Å². The van der Waals surface area contributed by atoms with Gasteiger partial charge in [0.05, 0.1) is 0 Å². The summed E-state index contributed by atoms with van der Waals surface area (Å²) in [6.07, 6.45) is -0.413. The van der Waals surface area contributed by atoms with Crippen molar-refractivity contribution in [1.82, 2.24) is 10.2 Å². The summed E-state index contributed by atoms with van der Waals surface area (Å²) in [6, 6.07) is -1.61. The molecule has 3 N–H and O–H groups in total. The van der Waals surface area contributed by atoms with Crippen molar-refractivity contribution in [2.75, 3.05) is 13.1 Å². The number of hydrogen-bond acceptors (Lipinski definition) is 4. The summed E-state index contributed by atoms with van der Waals surface area (Å²) in [5.74, 6) is -2.30. The van der Waals surface area contributed by atoms with E-state index in [1.807, 2.05) is 13.8 Å². The number of thioether (sulfide) groups is 1. The second-order valence-electron chi connectivity index (χ2n) is 4.94. The molecule has 0 aromatic carbocycles. The van der Waals surface area contributed by atoms with Gasteiger partial charge in [0.15, 0.2) is 0 Å². The number of nitrogens with zero attached hydrogens (tertiary/aromatic N) is 1. The lowest BCUT2D eigenvalue weighted by Gasteiger charge is -2.35. The fourth-order valence-electron chi connectivity index (χ4n) is 2.11. The minimum absolute atomic E-state index is 0.121. The van der Waals surface area contributed by atoms with Crippen LogP contribution in [0.3, 0.4) is 0 Å². The van der Waals surface area contributed by atoms with E-state index in [9.17, 15) is 14.4 Å². The summed E-state index contributed by atoms with van der Waals surface area (Å²) in [7, 11) is 0. The molecule has 3 unspecified atom stereocenters. The standard InChI is InChI=1S/C12H20N2O5S/c1-7-5-14(6-8(2)20-7)12(19)13-9(11(17)18)3-4-10(15)16/h7-9H,3-6H2,1-2H3,(H,13,19)(H,15,16)(H,17,18). The maximum absolute atomic E-state index is 12.0. The molecule has 0 aliphatic carbocycles. The van der Waals surface area contributed by atoms with Crippen molar-refractivity contribution in [1.29, 1.82) is 0 Å². The topological polar surface area (TPSA) is 107 Å². The van der Waals surface area contributed by atoms with E-state index >= 15 is 0 Å². The highest BCUT2D eigenvalue weighted by molar-refractivity contribution is 8.00. The Kier molecular flexibility index (Phi) is 6.12. The summed E-state index contributed by atoms with van der Waals surface area (Å²) < 4.78 is 0. The Bertz CT molecular complexity index is 380. The van der Waals surface area contributed by atoms with Crippen LogP contribution in [0.25, 0.3) is 0 Å². The lowest BCUT2D eigenvalue weighted by molar-refractivity contribution is -0.140. The third-order valence-corrected chi connectivity index (χ3v) is 4.18. The molecule has 114 valence electrons. The summed E-state index contributed by atoms with van der Waals surface area (Å²) in [5, 5.41) is 20.6. The van der Waals surface area contributed by atoms with Crippen molar-refractivity contribution < 1.29 is 24.6 Å². The Labute approximate surface area is 121 Å². The number of aliphatic carboxylic acids is 2. The molecule has 1 rings (SSSR count). The Morgan fingerprint density at radius 1 is 1.25 bits per heavy atom. The zero-order valence-corrected chi connectivity index (χ0v) is 12.4. The van der Waals surface area contributed by atoms with E-state index < -0.39 is 24.0 Å². The largest absolute Gasteiger partial charge is 0.481 e. The van der Waals surface area contributed by atoms with Gasteiger partial charge in [-0.3, -0.25) is 4.79 Å². The SMILES string of the molecule is CC1CN(C(=O)NC(CCC(=O)O)C(=O)O)CC(C)S1. The molecule has 20 heavy (non-hydrogen) atoms. The molecule has 0 aromatic heterocycles. The maximum atomic E-state index is 12.0. The number of rotatable bonds is 5. The van der Waals surface area contributed by atoms with E-state index in [2.05, 4.69) is 5.32 Å². The number of urea groups is 1. The zero-order chi connectivity index (χ0) is 15.3. The van der Waals surface area contributed by atoms with Gasteiger partial charge < -0.3 is 20.4 Å². The number of carboxylic acid groups (broad SMARTS) is 2. The first-order chi connectivity index (χ1) is 9.29. The van der Waals surface area contributed by atoms with E-state index in [4.69, 9.17) is 10.2 Å². The van der Waals surface area contributed by atoms with Crippen LogP contribution in [0.4, 0.5) is 4.79 Å². The molecule has 2 amide bonds. The highest BCUT2D eigenvalue weighted by Crippen LogP contribution is 2.24. The lowest BCUT2D eigenvalue weighted by atomic mass is 10.1. The Morgan fingerprint density at radius 3 is 2.25 bits per heavy atom. The van der Waals surface area contributed by atoms with Crippen LogP contribution in [0.2, 0.25) is 0 Å². The average molecular weight is 304 g/mol. The van der Waals surface area contributed by atoms with Gasteiger partial charge >= 0.3 is 18.0 Å². The van der Waals surface area contributed by atoms with Gasteiger partial charge in [0, 0.05) is 30.0 Å². The second-order valence-corrected chi connectivity index (χ2v) is 6.82. The predicted octanol–water partition coefficient (Wildman–Crippen LogP) is 0.840. The minimum Gasteiger partial charge on any atom is -0.481 e. The van der Waals surface area contributed by atoms with Gasteiger partial charge in [-0.15, -0.1) is 0 Å². The van der Waals surface area contributed by atoms with Crippen LogP contribution in [0.1, 0.15) is 26.7 Å². The van der Waals surface area contributed by atoms with Crippen LogP contribution in [-0.4, -0.2) is 62.7 Å². The molecule has 3 atom stereocenters. The highest BCUT2D eigenvalue weighted by Gasteiger charge is 2.29. The Hall–Kier alpha value is -1.44. The zero-order valence-electron chi connectivity index (χ0n) is 11.5. The molecule has 1 saturated heterocycles. The van der Waals surface area contributed by atoms with E-state index in [-0.39, 0.29) is 12.8 Å². The summed E-state index contributed by atoms with van der Waals surface area (Å²) in [4.78, 5) is 35.1. The molecule has 0 saturated carbocycles. The minimum atomic E-state index is -1.22. The second kappa shape index (κ2) is 7.37. The van der Waals surface area contributed by atoms with E-state index in [0.717, 1.165) is 0 Å². The summed E-state index contributed by atoms with van der Waals surface area (Å²) >= 11 is 1.79. The number of hydrogen-bond donors (Lipinski definition) is 3. The number of carbonyl (C=O) groups excluding carboxylic acids is 1. The molecule has 1 heterocycles. The molecule has 8 heteroatoms. The average Bonchev–Trinajstić information content (AvgIpc) is 2.32. The van der Waals surface area contributed by atoms with Crippen LogP contribution < -0.4 is 5.32 Å². The Morgan fingerprint density at radius 2 is 1.80 bits per heavy atom. The molecule has 0 bridgehead atoms. The molecule has 1 aliphatic heterocycles. The van der Waals surface area contributed by atoms with Crippen molar-refractivity contribution in [3.63, 3.8) is 0 Å². The molecule has 1 fully saturated rings. The number of nitrogens with one attached hydrogen (secondary N) is 1. The van der Waals surface area contributed by atoms with Crippen molar-refractivity contribution >= 4 is 29.7 Å². The first kappa shape index (κ1) is 16.6. The first-order valence-corrected chi connectivity index (χ1v) is 7.39. The van der Waals surface area contributed by atoms with Crippen LogP contribution in [0.5, 0.6) is 0 Å². The molecule has 1 aliphatic rings. The third-order valence-electron chi connectivity index (χ3n) is 2.95. The highest BCUT2D eigenvalue weighted by atomic mass is 32.2. The van der Waals surface area contributed by atoms with Gasteiger partial charge in [0.1, 0.15) is 6.04 Å². The molecule has 7 nitrogen and oxygen atoms in total. The molecule has 0 spiro atoms. The fourth-order valence-corrected chi connectivity index (χ4v) is 3.43. The van der Waals surface area contributed by atoms with E-state index in [0.29, 0.717) is 23.6 Å². The summed E-state index contributed by atoms with van der Waals surface area (Å²) in [6.45, 7) is 5.15. The number of amides is 2.